The molecule has 3 aliphatic rings. The van der Waals surface area contributed by atoms with Gasteiger partial charge in [0.05, 0.1) is 18.4 Å². The summed E-state index contributed by atoms with van der Waals surface area (Å²) >= 11 is 0. The van der Waals surface area contributed by atoms with Crippen LogP contribution in [0.1, 0.15) is 51.1 Å². The number of hydrogen-bond donors (Lipinski definition) is 0. The second kappa shape index (κ2) is 6.50. The highest BCUT2D eigenvalue weighted by Crippen LogP contribution is 2.43. The molecule has 4 heterocycles. The minimum atomic E-state index is -0.229. The fourth-order valence-electron chi connectivity index (χ4n) is 5.07. The Kier molecular flexibility index (Phi) is 4.07. The summed E-state index contributed by atoms with van der Waals surface area (Å²) in [6.45, 7) is 4.19. The summed E-state index contributed by atoms with van der Waals surface area (Å²) in [5.74, 6) is 1.51. The number of carbonyl (C=O) groups is 1. The SMILES string of the molecule is CC1(C)Cc2cccc(OCC(=O)N3C4CCC3CC(n3nccn3)C4)c2O1. The molecular weight excluding hydrogens is 356 g/mol. The average molecular weight is 382 g/mol. The first-order valence-corrected chi connectivity index (χ1v) is 10.1. The Labute approximate surface area is 164 Å². The van der Waals surface area contributed by atoms with E-state index in [1.54, 1.807) is 17.2 Å². The molecule has 148 valence electrons. The van der Waals surface area contributed by atoms with Crippen LogP contribution in [0.25, 0.3) is 0 Å². The van der Waals surface area contributed by atoms with Crippen LogP contribution in [0.5, 0.6) is 11.5 Å². The fourth-order valence-corrected chi connectivity index (χ4v) is 5.07. The molecule has 3 aliphatic heterocycles. The van der Waals surface area contributed by atoms with Gasteiger partial charge in [-0.25, -0.2) is 0 Å². The number of benzene rings is 1. The third kappa shape index (κ3) is 3.02. The Hall–Kier alpha value is -2.57. The number of nitrogens with zero attached hydrogens (tertiary/aromatic N) is 4. The van der Waals surface area contributed by atoms with Gasteiger partial charge >= 0.3 is 0 Å². The van der Waals surface area contributed by atoms with Crippen LogP contribution in [-0.4, -0.2) is 50.1 Å². The van der Waals surface area contributed by atoms with Crippen LogP contribution in [0.2, 0.25) is 0 Å². The molecule has 28 heavy (non-hydrogen) atoms. The van der Waals surface area contributed by atoms with Crippen LogP contribution in [0.3, 0.4) is 0 Å². The zero-order valence-corrected chi connectivity index (χ0v) is 16.4. The van der Waals surface area contributed by atoms with Crippen LogP contribution >= 0.6 is 0 Å². The van der Waals surface area contributed by atoms with E-state index in [4.69, 9.17) is 9.47 Å². The van der Waals surface area contributed by atoms with Gasteiger partial charge in [-0.1, -0.05) is 12.1 Å². The first kappa shape index (κ1) is 17.5. The number of para-hydroxylation sites is 1. The lowest BCUT2D eigenvalue weighted by atomic mass is 9.98. The predicted molar refractivity (Wildman–Crippen MR) is 102 cm³/mol. The zero-order valence-electron chi connectivity index (χ0n) is 16.4. The van der Waals surface area contributed by atoms with E-state index in [2.05, 4.69) is 30.1 Å². The molecule has 1 aromatic carbocycles. The maximum absolute atomic E-state index is 13.0. The molecule has 2 unspecified atom stereocenters. The lowest BCUT2D eigenvalue weighted by Gasteiger charge is -2.38. The van der Waals surface area contributed by atoms with Gasteiger partial charge in [-0.05, 0) is 45.6 Å². The van der Waals surface area contributed by atoms with Crippen LogP contribution < -0.4 is 9.47 Å². The minimum Gasteiger partial charge on any atom is -0.483 e. The Morgan fingerprint density at radius 3 is 2.61 bits per heavy atom. The second-order valence-electron chi connectivity index (χ2n) is 8.73. The Morgan fingerprint density at radius 1 is 1.18 bits per heavy atom. The molecule has 1 amide bonds. The first-order valence-electron chi connectivity index (χ1n) is 10.1. The third-order valence-electron chi connectivity index (χ3n) is 6.17. The lowest BCUT2D eigenvalue weighted by Crippen LogP contribution is -2.48. The fraction of sp³-hybridized carbons (Fsp3) is 0.571. The maximum atomic E-state index is 13.0. The van der Waals surface area contributed by atoms with Crippen LogP contribution in [0.4, 0.5) is 0 Å². The van der Waals surface area contributed by atoms with Gasteiger partial charge in [0.2, 0.25) is 0 Å². The molecule has 2 fully saturated rings. The van der Waals surface area contributed by atoms with Crippen molar-refractivity contribution >= 4 is 5.91 Å². The number of amides is 1. The van der Waals surface area contributed by atoms with Crippen molar-refractivity contribution in [2.24, 2.45) is 0 Å². The average Bonchev–Trinajstić information content (AvgIpc) is 3.35. The van der Waals surface area contributed by atoms with Gasteiger partial charge < -0.3 is 14.4 Å². The zero-order chi connectivity index (χ0) is 19.3. The highest BCUT2D eigenvalue weighted by atomic mass is 16.5. The van der Waals surface area contributed by atoms with Crippen molar-refractivity contribution in [2.45, 2.75) is 69.7 Å². The number of fused-ring (bicyclic) bond motifs is 3. The molecule has 2 aromatic rings. The van der Waals surface area contributed by atoms with Gasteiger partial charge in [0.1, 0.15) is 5.60 Å². The molecule has 0 radical (unpaired) electrons. The molecule has 2 bridgehead atoms. The smallest absolute Gasteiger partial charge is 0.261 e. The molecular formula is C21H26N4O3. The topological polar surface area (TPSA) is 69.5 Å². The molecule has 5 rings (SSSR count). The monoisotopic (exact) mass is 382 g/mol. The van der Waals surface area contributed by atoms with Crippen molar-refractivity contribution in [3.05, 3.63) is 36.2 Å². The number of ether oxygens (including phenoxy) is 2. The second-order valence-corrected chi connectivity index (χ2v) is 8.73. The first-order chi connectivity index (χ1) is 13.5. The van der Waals surface area contributed by atoms with E-state index in [0.717, 1.165) is 43.4 Å². The van der Waals surface area contributed by atoms with Gasteiger partial charge in [0.25, 0.3) is 5.91 Å². The van der Waals surface area contributed by atoms with Crippen LogP contribution in [0, 0.1) is 0 Å². The Balaban J connectivity index is 1.25. The van der Waals surface area contributed by atoms with E-state index < -0.39 is 0 Å². The van der Waals surface area contributed by atoms with Gasteiger partial charge in [0, 0.05) is 24.1 Å². The molecule has 0 aliphatic carbocycles. The van der Waals surface area contributed by atoms with Crippen LogP contribution in [0.15, 0.2) is 30.6 Å². The van der Waals surface area contributed by atoms with E-state index in [1.165, 1.54) is 0 Å². The van der Waals surface area contributed by atoms with Crippen LogP contribution in [-0.2, 0) is 11.2 Å². The van der Waals surface area contributed by atoms with Gasteiger partial charge in [-0.3, -0.25) is 4.79 Å². The molecule has 1 aromatic heterocycles. The van der Waals surface area contributed by atoms with Gasteiger partial charge in [-0.2, -0.15) is 15.0 Å². The third-order valence-corrected chi connectivity index (χ3v) is 6.17. The lowest BCUT2D eigenvalue weighted by molar-refractivity contribution is -0.138. The summed E-state index contributed by atoms with van der Waals surface area (Å²) < 4.78 is 12.0. The summed E-state index contributed by atoms with van der Waals surface area (Å²) in [5.41, 5.74) is 0.912. The highest BCUT2D eigenvalue weighted by molar-refractivity contribution is 5.79. The molecule has 0 saturated carbocycles. The summed E-state index contributed by atoms with van der Waals surface area (Å²) in [5, 5.41) is 8.58. The normalized spacial score (nSPS) is 27.4. The van der Waals surface area contributed by atoms with Gasteiger partial charge in [0.15, 0.2) is 18.1 Å². The van der Waals surface area contributed by atoms with Crippen molar-refractivity contribution in [3.63, 3.8) is 0 Å². The van der Waals surface area contributed by atoms with Crippen molar-refractivity contribution < 1.29 is 14.3 Å². The summed E-state index contributed by atoms with van der Waals surface area (Å²) in [6, 6.07) is 6.70. The Bertz CT molecular complexity index is 866. The molecule has 0 spiro atoms. The quantitative estimate of drug-likeness (QED) is 0.813. The highest BCUT2D eigenvalue weighted by Gasteiger charge is 2.44. The number of aromatic nitrogens is 3. The number of rotatable bonds is 4. The predicted octanol–water partition coefficient (Wildman–Crippen LogP) is 2.77. The van der Waals surface area contributed by atoms with E-state index in [1.807, 2.05) is 17.0 Å². The van der Waals surface area contributed by atoms with Crippen molar-refractivity contribution in [2.75, 3.05) is 6.61 Å². The minimum absolute atomic E-state index is 0.0535. The largest absolute Gasteiger partial charge is 0.483 e. The molecule has 2 saturated heterocycles. The van der Waals surface area contributed by atoms with E-state index in [9.17, 15) is 4.79 Å². The van der Waals surface area contributed by atoms with E-state index >= 15 is 0 Å². The Morgan fingerprint density at radius 2 is 1.89 bits per heavy atom. The number of hydrogen-bond acceptors (Lipinski definition) is 5. The number of piperidine rings is 1. The molecule has 7 nitrogen and oxygen atoms in total. The maximum Gasteiger partial charge on any atom is 0.261 e. The van der Waals surface area contributed by atoms with Crippen molar-refractivity contribution in [1.29, 1.82) is 0 Å². The summed E-state index contributed by atoms with van der Waals surface area (Å²) in [7, 11) is 0. The molecule has 0 N–H and O–H groups in total. The number of carbonyl (C=O) groups excluding carboxylic acids is 1. The molecule has 2 atom stereocenters. The molecule has 7 heteroatoms. The van der Waals surface area contributed by atoms with Crippen molar-refractivity contribution in [1.82, 2.24) is 19.9 Å². The van der Waals surface area contributed by atoms with E-state index in [-0.39, 0.29) is 36.2 Å². The van der Waals surface area contributed by atoms with Crippen molar-refractivity contribution in [3.8, 4) is 11.5 Å². The summed E-state index contributed by atoms with van der Waals surface area (Å²) in [6.07, 6.45) is 8.21. The summed E-state index contributed by atoms with van der Waals surface area (Å²) in [4.78, 5) is 16.8. The van der Waals surface area contributed by atoms with E-state index in [0.29, 0.717) is 5.75 Å². The standard InChI is InChI=1S/C21H26N4O3/c1-21(2)12-14-4-3-5-18(20(14)28-21)27-13-19(26)24-15-6-7-16(24)11-17(10-15)25-22-8-9-23-25/h3-5,8-9,15-17H,6-7,10-13H2,1-2H3. The van der Waals surface area contributed by atoms with Gasteiger partial charge in [-0.15, -0.1) is 0 Å².